The minimum absolute atomic E-state index is 0.0411. The molecule has 112 valence electrons. The fourth-order valence-corrected chi connectivity index (χ4v) is 1.51. The van der Waals surface area contributed by atoms with Crippen molar-refractivity contribution in [1.29, 1.82) is 0 Å². The number of carbonyl (C=O) groups excluding carboxylic acids is 1. The zero-order valence-corrected chi connectivity index (χ0v) is 11.6. The number of rotatable bonds is 8. The van der Waals surface area contributed by atoms with Gasteiger partial charge in [-0.15, -0.1) is 6.42 Å². The number of hydrogen-bond donors (Lipinski definition) is 3. The highest BCUT2D eigenvalue weighted by Gasteiger charge is 2.02. The van der Waals surface area contributed by atoms with Gasteiger partial charge in [0.1, 0.15) is 12.4 Å². The number of terminal acetylenes is 1. The molecule has 0 aliphatic heterocycles. The molecule has 0 aliphatic rings. The molecule has 6 heteroatoms. The van der Waals surface area contributed by atoms with Crippen molar-refractivity contribution >= 4 is 12.0 Å². The number of carboxylic acid groups (broad SMARTS) is 1. The maximum atomic E-state index is 11.5. The summed E-state index contributed by atoms with van der Waals surface area (Å²) in [6.45, 7) is 0.924. The van der Waals surface area contributed by atoms with Crippen LogP contribution in [0.1, 0.15) is 18.4 Å². The largest absolute Gasteiger partial charge is 0.481 e. The van der Waals surface area contributed by atoms with Crippen molar-refractivity contribution in [1.82, 2.24) is 10.6 Å². The van der Waals surface area contributed by atoms with Crippen molar-refractivity contribution in [2.75, 3.05) is 13.2 Å². The van der Waals surface area contributed by atoms with E-state index in [2.05, 4.69) is 16.6 Å². The zero-order valence-electron chi connectivity index (χ0n) is 11.6. The van der Waals surface area contributed by atoms with Crippen LogP contribution in [0.15, 0.2) is 24.3 Å². The first-order chi connectivity index (χ1) is 10.1. The van der Waals surface area contributed by atoms with E-state index < -0.39 is 5.97 Å². The first-order valence-electron chi connectivity index (χ1n) is 6.50. The molecule has 0 aliphatic carbocycles. The minimum Gasteiger partial charge on any atom is -0.481 e. The predicted molar refractivity (Wildman–Crippen MR) is 77.9 cm³/mol. The molecule has 3 N–H and O–H groups in total. The lowest BCUT2D eigenvalue weighted by atomic mass is 10.2. The number of carboxylic acids is 1. The predicted octanol–water partition coefficient (Wildman–Crippen LogP) is 1.36. The van der Waals surface area contributed by atoms with Crippen LogP contribution < -0.4 is 15.4 Å². The number of benzene rings is 1. The highest BCUT2D eigenvalue weighted by atomic mass is 16.5. The van der Waals surface area contributed by atoms with Crippen LogP contribution in [0.3, 0.4) is 0 Å². The molecule has 1 aromatic carbocycles. The Hall–Kier alpha value is -2.68. The average Bonchev–Trinajstić information content (AvgIpc) is 2.48. The summed E-state index contributed by atoms with van der Waals surface area (Å²) >= 11 is 0. The molecule has 1 aromatic rings. The Morgan fingerprint density at radius 2 is 1.95 bits per heavy atom. The highest BCUT2D eigenvalue weighted by Crippen LogP contribution is 2.11. The molecule has 0 fully saturated rings. The van der Waals surface area contributed by atoms with E-state index >= 15 is 0 Å². The average molecular weight is 290 g/mol. The third-order valence-electron chi connectivity index (χ3n) is 2.55. The van der Waals surface area contributed by atoms with Gasteiger partial charge in [-0.2, -0.15) is 0 Å². The monoisotopic (exact) mass is 290 g/mol. The molecule has 0 spiro atoms. The summed E-state index contributed by atoms with van der Waals surface area (Å²) in [5, 5.41) is 13.7. The third kappa shape index (κ3) is 7.47. The van der Waals surface area contributed by atoms with Crippen LogP contribution in [0, 0.1) is 12.3 Å². The number of nitrogens with one attached hydrogen (secondary N) is 2. The molecular weight excluding hydrogens is 272 g/mol. The first kappa shape index (κ1) is 16.4. The van der Waals surface area contributed by atoms with E-state index in [1.165, 1.54) is 0 Å². The van der Waals surface area contributed by atoms with E-state index in [0.29, 0.717) is 25.3 Å². The maximum absolute atomic E-state index is 11.5. The summed E-state index contributed by atoms with van der Waals surface area (Å²) in [6.07, 6.45) is 5.54. The topological polar surface area (TPSA) is 87.7 Å². The van der Waals surface area contributed by atoms with Gasteiger partial charge in [0.05, 0.1) is 0 Å². The van der Waals surface area contributed by atoms with Crippen molar-refractivity contribution < 1.29 is 19.4 Å². The molecular formula is C15H18N2O4. The number of ether oxygens (including phenoxy) is 1. The summed E-state index contributed by atoms with van der Waals surface area (Å²) in [4.78, 5) is 21.8. The molecule has 0 unspecified atom stereocenters. The van der Waals surface area contributed by atoms with Gasteiger partial charge in [-0.25, -0.2) is 4.79 Å². The van der Waals surface area contributed by atoms with Crippen molar-refractivity contribution in [2.24, 2.45) is 0 Å². The SMILES string of the molecule is C#CCOc1ccc(CNC(=O)NCCCC(=O)O)cc1. The van der Waals surface area contributed by atoms with E-state index in [1.54, 1.807) is 12.1 Å². The summed E-state index contributed by atoms with van der Waals surface area (Å²) in [5.74, 6) is 2.18. The number of hydrogen-bond acceptors (Lipinski definition) is 3. The molecule has 1 rings (SSSR count). The van der Waals surface area contributed by atoms with Crippen LogP contribution in [0.25, 0.3) is 0 Å². The van der Waals surface area contributed by atoms with Gasteiger partial charge in [0.25, 0.3) is 0 Å². The smallest absolute Gasteiger partial charge is 0.315 e. The Bertz CT molecular complexity index is 505. The molecule has 0 saturated carbocycles. The summed E-state index contributed by atoms with van der Waals surface area (Å²) < 4.78 is 5.24. The Morgan fingerprint density at radius 1 is 1.24 bits per heavy atom. The molecule has 21 heavy (non-hydrogen) atoms. The maximum Gasteiger partial charge on any atom is 0.315 e. The quantitative estimate of drug-likeness (QED) is 0.498. The fourth-order valence-electron chi connectivity index (χ4n) is 1.51. The second-order valence-electron chi connectivity index (χ2n) is 4.24. The van der Waals surface area contributed by atoms with Gasteiger partial charge in [-0.1, -0.05) is 18.1 Å². The lowest BCUT2D eigenvalue weighted by Crippen LogP contribution is -2.35. The number of urea groups is 1. The summed E-state index contributed by atoms with van der Waals surface area (Å²) in [6, 6.07) is 6.89. The van der Waals surface area contributed by atoms with Crippen LogP contribution in [0.2, 0.25) is 0 Å². The van der Waals surface area contributed by atoms with E-state index in [4.69, 9.17) is 16.3 Å². The lowest BCUT2D eigenvalue weighted by Gasteiger charge is -2.08. The van der Waals surface area contributed by atoms with Crippen molar-refractivity contribution in [3.8, 4) is 18.1 Å². The highest BCUT2D eigenvalue weighted by molar-refractivity contribution is 5.73. The lowest BCUT2D eigenvalue weighted by molar-refractivity contribution is -0.137. The Kier molecular flexibility index (Phi) is 7.22. The van der Waals surface area contributed by atoms with E-state index in [0.717, 1.165) is 5.56 Å². The molecule has 0 bridgehead atoms. The minimum atomic E-state index is -0.871. The van der Waals surface area contributed by atoms with Gasteiger partial charge in [0.15, 0.2) is 0 Å². The Morgan fingerprint density at radius 3 is 2.57 bits per heavy atom. The van der Waals surface area contributed by atoms with Gasteiger partial charge in [0, 0.05) is 19.5 Å². The van der Waals surface area contributed by atoms with E-state index in [-0.39, 0.29) is 19.1 Å². The molecule has 0 heterocycles. The van der Waals surface area contributed by atoms with Crippen LogP contribution in [-0.2, 0) is 11.3 Å². The molecule has 0 aromatic heterocycles. The molecule has 2 amide bonds. The van der Waals surface area contributed by atoms with Crippen LogP contribution in [0.4, 0.5) is 4.79 Å². The number of aliphatic carboxylic acids is 1. The summed E-state index contributed by atoms with van der Waals surface area (Å²) in [5.41, 5.74) is 0.920. The van der Waals surface area contributed by atoms with E-state index in [9.17, 15) is 9.59 Å². The van der Waals surface area contributed by atoms with Gasteiger partial charge in [0.2, 0.25) is 0 Å². The Balaban J connectivity index is 2.23. The zero-order chi connectivity index (χ0) is 15.5. The van der Waals surface area contributed by atoms with Gasteiger partial charge in [-0.05, 0) is 24.1 Å². The molecule has 0 atom stereocenters. The number of carbonyl (C=O) groups is 2. The van der Waals surface area contributed by atoms with Crippen molar-refractivity contribution in [3.05, 3.63) is 29.8 Å². The Labute approximate surface area is 123 Å². The van der Waals surface area contributed by atoms with Gasteiger partial charge >= 0.3 is 12.0 Å². The first-order valence-corrected chi connectivity index (χ1v) is 6.50. The fraction of sp³-hybridized carbons (Fsp3) is 0.333. The van der Waals surface area contributed by atoms with Gasteiger partial charge in [-0.3, -0.25) is 4.79 Å². The molecule has 0 radical (unpaired) electrons. The summed E-state index contributed by atoms with van der Waals surface area (Å²) in [7, 11) is 0. The normalized spacial score (nSPS) is 9.48. The van der Waals surface area contributed by atoms with Crippen LogP contribution in [-0.4, -0.2) is 30.3 Å². The standard InChI is InChI=1S/C15H18N2O4/c1-2-10-21-13-7-5-12(6-8-13)11-17-15(20)16-9-3-4-14(18)19/h1,5-8H,3-4,9-11H2,(H,18,19)(H2,16,17,20). The third-order valence-corrected chi connectivity index (χ3v) is 2.55. The van der Waals surface area contributed by atoms with Crippen molar-refractivity contribution in [2.45, 2.75) is 19.4 Å². The number of amides is 2. The second-order valence-corrected chi connectivity index (χ2v) is 4.24. The molecule has 0 saturated heterocycles. The van der Waals surface area contributed by atoms with E-state index in [1.807, 2.05) is 12.1 Å². The van der Waals surface area contributed by atoms with Crippen LogP contribution in [0.5, 0.6) is 5.75 Å². The second kappa shape index (κ2) is 9.26. The van der Waals surface area contributed by atoms with Crippen molar-refractivity contribution in [3.63, 3.8) is 0 Å². The van der Waals surface area contributed by atoms with Crippen LogP contribution >= 0.6 is 0 Å². The molecule has 6 nitrogen and oxygen atoms in total. The van der Waals surface area contributed by atoms with Gasteiger partial charge < -0.3 is 20.5 Å².